The number of nitrogens with one attached hydrogen (secondary N) is 1. The van der Waals surface area contributed by atoms with Gasteiger partial charge in [0.1, 0.15) is 23.5 Å². The van der Waals surface area contributed by atoms with Gasteiger partial charge >= 0.3 is 5.97 Å². The van der Waals surface area contributed by atoms with E-state index in [2.05, 4.69) is 17.5 Å². The monoisotopic (exact) mass is 873 g/mol. The number of nitriles is 2. The summed E-state index contributed by atoms with van der Waals surface area (Å²) in [6, 6.07) is 26.5. The number of nitrogens with zero attached hydrogens (tertiary/aromatic N) is 4. The van der Waals surface area contributed by atoms with Gasteiger partial charge < -0.3 is 29.7 Å². The Balaban J connectivity index is 1.11. The van der Waals surface area contributed by atoms with Gasteiger partial charge in [-0.3, -0.25) is 9.59 Å². The minimum atomic E-state index is -1.08. The Morgan fingerprint density at radius 1 is 0.919 bits per heavy atom. The first kappa shape index (κ1) is 44.0. The van der Waals surface area contributed by atoms with Crippen LogP contribution in [0.15, 0.2) is 72.8 Å². The number of ether oxygens (including phenoxy) is 3. The van der Waals surface area contributed by atoms with Crippen molar-refractivity contribution in [3.63, 3.8) is 0 Å². The largest absolute Gasteiger partial charge is 0.481 e. The summed E-state index contributed by atoms with van der Waals surface area (Å²) < 4.78 is 18.5. The predicted molar refractivity (Wildman–Crippen MR) is 233 cm³/mol. The van der Waals surface area contributed by atoms with E-state index in [1.54, 1.807) is 25.3 Å². The highest BCUT2D eigenvalue weighted by Gasteiger charge is 2.29. The first-order chi connectivity index (χ1) is 30.0. The molecule has 7 rings (SSSR count). The molecule has 12 nitrogen and oxygen atoms in total. The second-order valence-electron chi connectivity index (χ2n) is 15.6. The minimum absolute atomic E-state index is 0.00352. The standard InChI is InChI=1S/C48H45Cl2N5O7/c1-60-46-33(26-53-25-28-11-13-35(57)20-28)12-15-42(54-46)40-10-4-9-39(45(40)50)36-7-3-8-38-37(36)14-16-43(38)62-48-41(49)21-32(5-2-6-34(56)22-44(58)59)47(55-48)61-27-31-18-29(23-51)17-30(19-31)24-52/h3-4,7-10,12,15,17-19,21,28,34,43,53,56H,2,5-6,11,13-14,16,20,22,25-27H2,1H3,(H,58,59)/t28-,34-,43+/m1/s1. The lowest BCUT2D eigenvalue weighted by Gasteiger charge is -2.19. The van der Waals surface area contributed by atoms with Crippen LogP contribution in [0, 0.1) is 28.6 Å². The number of hydrogen-bond acceptors (Lipinski definition) is 11. The molecular formula is C48H45Cl2N5O7. The lowest BCUT2D eigenvalue weighted by molar-refractivity contribution is -0.139. The Morgan fingerprint density at radius 3 is 2.40 bits per heavy atom. The molecule has 14 heteroatoms. The number of hydrogen-bond donors (Lipinski definition) is 3. The van der Waals surface area contributed by atoms with Crippen LogP contribution in [0.4, 0.5) is 0 Å². The van der Waals surface area contributed by atoms with Gasteiger partial charge in [-0.05, 0) is 104 Å². The molecule has 318 valence electrons. The third-order valence-electron chi connectivity index (χ3n) is 11.3. The summed E-state index contributed by atoms with van der Waals surface area (Å²) in [6.45, 7) is 1.33. The van der Waals surface area contributed by atoms with Crippen molar-refractivity contribution in [3.05, 3.63) is 122 Å². The number of pyridine rings is 2. The fraction of sp³-hybridized carbons (Fsp3) is 0.333. The molecule has 3 atom stereocenters. The number of aliphatic hydroxyl groups is 1. The molecule has 0 bridgehead atoms. The number of carboxylic acids is 1. The summed E-state index contributed by atoms with van der Waals surface area (Å²) in [6.07, 6.45) is 2.86. The Labute approximate surface area is 370 Å². The topological polar surface area (TPSA) is 188 Å². The second kappa shape index (κ2) is 20.2. The van der Waals surface area contributed by atoms with Crippen molar-refractivity contribution in [1.82, 2.24) is 15.3 Å². The van der Waals surface area contributed by atoms with Crippen LogP contribution in [0.5, 0.6) is 17.6 Å². The number of aliphatic hydroxyl groups excluding tert-OH is 1. The maximum absolute atomic E-state index is 11.7. The first-order valence-electron chi connectivity index (χ1n) is 20.5. The van der Waals surface area contributed by atoms with Gasteiger partial charge in [0.15, 0.2) is 0 Å². The Hall–Kier alpha value is -6.02. The molecule has 0 unspecified atom stereocenters. The molecule has 5 aromatic rings. The van der Waals surface area contributed by atoms with Crippen LogP contribution in [0.2, 0.25) is 10.0 Å². The molecule has 2 aliphatic carbocycles. The van der Waals surface area contributed by atoms with Crippen molar-refractivity contribution in [3.8, 4) is 52.2 Å². The summed E-state index contributed by atoms with van der Waals surface area (Å²) in [5.41, 5.74) is 8.09. The van der Waals surface area contributed by atoms with Crippen molar-refractivity contribution in [1.29, 1.82) is 10.5 Å². The molecule has 2 aromatic heterocycles. The number of carboxylic acid groups (broad SMARTS) is 1. The van der Waals surface area contributed by atoms with E-state index in [1.165, 1.54) is 6.07 Å². The van der Waals surface area contributed by atoms with Gasteiger partial charge in [0.05, 0.1) is 53.6 Å². The lowest BCUT2D eigenvalue weighted by Crippen LogP contribution is -2.21. The molecule has 3 aromatic carbocycles. The summed E-state index contributed by atoms with van der Waals surface area (Å²) in [7, 11) is 1.60. The number of aliphatic carboxylic acids is 1. The second-order valence-corrected chi connectivity index (χ2v) is 16.4. The number of ketones is 1. The van der Waals surface area contributed by atoms with Crippen LogP contribution < -0.4 is 19.5 Å². The zero-order chi connectivity index (χ0) is 43.8. The van der Waals surface area contributed by atoms with Gasteiger partial charge in [-0.15, -0.1) is 0 Å². The molecule has 0 amide bonds. The first-order valence-corrected chi connectivity index (χ1v) is 21.3. The molecule has 0 spiro atoms. The van der Waals surface area contributed by atoms with Gasteiger partial charge in [-0.25, -0.2) is 4.98 Å². The zero-order valence-corrected chi connectivity index (χ0v) is 35.6. The average Bonchev–Trinajstić information content (AvgIpc) is 3.89. The summed E-state index contributed by atoms with van der Waals surface area (Å²) in [5, 5.41) is 42.5. The lowest BCUT2D eigenvalue weighted by atomic mass is 9.94. The van der Waals surface area contributed by atoms with E-state index in [0.717, 1.165) is 46.3 Å². The molecule has 0 aliphatic heterocycles. The van der Waals surface area contributed by atoms with Crippen molar-refractivity contribution in [2.75, 3.05) is 13.7 Å². The van der Waals surface area contributed by atoms with E-state index in [0.29, 0.717) is 95.6 Å². The highest BCUT2D eigenvalue weighted by atomic mass is 35.5. The number of aryl methyl sites for hydroxylation is 1. The van der Waals surface area contributed by atoms with Crippen molar-refractivity contribution < 1.29 is 34.0 Å². The Morgan fingerprint density at radius 2 is 1.68 bits per heavy atom. The van der Waals surface area contributed by atoms with Crippen LogP contribution in [0.3, 0.4) is 0 Å². The third-order valence-corrected chi connectivity index (χ3v) is 11.9. The molecule has 0 saturated heterocycles. The number of carbonyl (C=O) groups is 2. The Kier molecular flexibility index (Phi) is 14.4. The zero-order valence-electron chi connectivity index (χ0n) is 34.1. The number of aromatic nitrogens is 2. The summed E-state index contributed by atoms with van der Waals surface area (Å²) in [4.78, 5) is 32.4. The maximum Gasteiger partial charge on any atom is 0.305 e. The number of carbonyl (C=O) groups excluding carboxylic acids is 1. The molecule has 2 aliphatic rings. The highest BCUT2D eigenvalue weighted by Crippen LogP contribution is 2.45. The number of fused-ring (bicyclic) bond motifs is 1. The van der Waals surface area contributed by atoms with E-state index in [1.807, 2.05) is 48.5 Å². The van der Waals surface area contributed by atoms with Gasteiger partial charge in [-0.1, -0.05) is 65.7 Å². The fourth-order valence-electron chi connectivity index (χ4n) is 8.24. The van der Waals surface area contributed by atoms with Crippen molar-refractivity contribution in [2.24, 2.45) is 5.92 Å². The van der Waals surface area contributed by atoms with Gasteiger partial charge in [0.2, 0.25) is 17.6 Å². The van der Waals surface area contributed by atoms with E-state index < -0.39 is 18.2 Å². The minimum Gasteiger partial charge on any atom is -0.481 e. The summed E-state index contributed by atoms with van der Waals surface area (Å²) >= 11 is 14.1. The Bertz CT molecular complexity index is 2540. The van der Waals surface area contributed by atoms with Gasteiger partial charge in [0, 0.05) is 41.6 Å². The van der Waals surface area contributed by atoms with E-state index >= 15 is 0 Å². The number of rotatable bonds is 18. The van der Waals surface area contributed by atoms with Gasteiger partial charge in [-0.2, -0.15) is 15.5 Å². The molecule has 2 heterocycles. The van der Waals surface area contributed by atoms with Crippen LogP contribution in [0.1, 0.15) is 90.0 Å². The number of methoxy groups -OCH3 is 1. The normalized spacial score (nSPS) is 16.0. The fourth-order valence-corrected chi connectivity index (χ4v) is 8.78. The van der Waals surface area contributed by atoms with Crippen LogP contribution in [0.25, 0.3) is 22.4 Å². The van der Waals surface area contributed by atoms with E-state index in [9.17, 15) is 25.2 Å². The molecule has 1 fully saturated rings. The van der Waals surface area contributed by atoms with Crippen molar-refractivity contribution >= 4 is 35.0 Å². The van der Waals surface area contributed by atoms with Gasteiger partial charge in [0.25, 0.3) is 0 Å². The summed E-state index contributed by atoms with van der Waals surface area (Å²) in [5.74, 6) is 0.504. The maximum atomic E-state index is 11.7. The highest BCUT2D eigenvalue weighted by molar-refractivity contribution is 6.36. The molecule has 62 heavy (non-hydrogen) atoms. The number of Topliss-reactive ketones (excluding diaryl/α,β-unsaturated/α-hetero) is 1. The number of benzene rings is 3. The molecule has 0 radical (unpaired) electrons. The third kappa shape index (κ3) is 10.5. The predicted octanol–water partition coefficient (Wildman–Crippen LogP) is 9.13. The van der Waals surface area contributed by atoms with Crippen LogP contribution in [-0.4, -0.2) is 51.7 Å². The molecule has 1 saturated carbocycles. The molecule has 3 N–H and O–H groups in total. The quantitative estimate of drug-likeness (QED) is 0.0759. The van der Waals surface area contributed by atoms with E-state index in [-0.39, 0.29) is 36.2 Å². The average molecular weight is 875 g/mol. The smallest absolute Gasteiger partial charge is 0.305 e. The molecular weight excluding hydrogens is 829 g/mol. The van der Waals surface area contributed by atoms with E-state index in [4.69, 9.17) is 52.5 Å². The van der Waals surface area contributed by atoms with Crippen molar-refractivity contribution in [2.45, 2.75) is 83.1 Å². The number of halogens is 2. The van der Waals surface area contributed by atoms with Crippen LogP contribution in [-0.2, 0) is 35.6 Å². The SMILES string of the molecule is COc1nc(-c2cccc(-c3cccc4c3CC[C@@H]4Oc3nc(OCc4cc(C#N)cc(C#N)c4)c(CCC[C@@H](O)CC(=O)O)cc3Cl)c2Cl)ccc1CNC[C@@H]1CCC(=O)C1. The van der Waals surface area contributed by atoms with Crippen LogP contribution >= 0.6 is 23.2 Å².